The average molecular weight is 239 g/mol. The Kier molecular flexibility index (Phi) is 2.45. The molecule has 0 saturated heterocycles. The summed E-state index contributed by atoms with van der Waals surface area (Å²) in [4.78, 5) is 1.26. The molecule has 0 spiro atoms. The van der Waals surface area contributed by atoms with E-state index >= 15 is 0 Å². The first-order valence-electron chi connectivity index (χ1n) is 5.57. The minimum Gasteiger partial charge on any atom is -0.326 e. The maximum absolute atomic E-state index is 4.01. The van der Waals surface area contributed by atoms with Crippen molar-refractivity contribution in [1.29, 1.82) is 0 Å². The number of rotatable bonds is 1. The monoisotopic (exact) mass is 239 g/mol. The van der Waals surface area contributed by atoms with Gasteiger partial charge in [-0.05, 0) is 42.1 Å². The Morgan fingerprint density at radius 3 is 2.47 bits per heavy atom. The van der Waals surface area contributed by atoms with Crippen LogP contribution < -0.4 is 4.72 Å². The van der Waals surface area contributed by atoms with Crippen LogP contribution in [0.15, 0.2) is 53.9 Å². The van der Waals surface area contributed by atoms with Gasteiger partial charge in [-0.3, -0.25) is 0 Å². The van der Waals surface area contributed by atoms with Crippen LogP contribution in [0.5, 0.6) is 0 Å². The van der Waals surface area contributed by atoms with Crippen molar-refractivity contribution in [2.75, 3.05) is 0 Å². The van der Waals surface area contributed by atoms with Crippen LogP contribution in [0.4, 0.5) is 0 Å². The number of benzene rings is 2. The van der Waals surface area contributed by atoms with Crippen LogP contribution in [0.3, 0.4) is 0 Å². The zero-order valence-corrected chi connectivity index (χ0v) is 10.5. The molecule has 0 unspecified atom stereocenters. The molecule has 0 fully saturated rings. The van der Waals surface area contributed by atoms with Crippen LogP contribution >= 0.6 is 11.9 Å². The number of aryl methyl sites for hydroxylation is 1. The molecule has 0 radical (unpaired) electrons. The molecule has 3 rings (SSSR count). The van der Waals surface area contributed by atoms with Gasteiger partial charge in [0.2, 0.25) is 0 Å². The molecule has 0 amide bonds. The summed E-state index contributed by atoms with van der Waals surface area (Å²) in [6, 6.07) is 15.1. The fourth-order valence-electron chi connectivity index (χ4n) is 1.95. The van der Waals surface area contributed by atoms with E-state index in [-0.39, 0.29) is 0 Å². The zero-order valence-electron chi connectivity index (χ0n) is 9.66. The second-order valence-electron chi connectivity index (χ2n) is 4.26. The summed E-state index contributed by atoms with van der Waals surface area (Å²) in [5.74, 6) is 0. The fourth-order valence-corrected chi connectivity index (χ4v) is 2.72. The summed E-state index contributed by atoms with van der Waals surface area (Å²) in [6.45, 7) is 6.12. The van der Waals surface area contributed by atoms with Crippen molar-refractivity contribution in [3.05, 3.63) is 60.2 Å². The van der Waals surface area contributed by atoms with E-state index in [2.05, 4.69) is 60.7 Å². The molecule has 0 aliphatic carbocycles. The summed E-state index contributed by atoms with van der Waals surface area (Å²) >= 11 is 1.63. The Hall–Kier alpha value is -1.67. The summed E-state index contributed by atoms with van der Waals surface area (Å²) in [7, 11) is 0. The lowest BCUT2D eigenvalue weighted by Crippen LogP contribution is -1.90. The van der Waals surface area contributed by atoms with Gasteiger partial charge in [-0.2, -0.15) is 0 Å². The van der Waals surface area contributed by atoms with E-state index in [4.69, 9.17) is 0 Å². The van der Waals surface area contributed by atoms with Crippen LogP contribution in [-0.2, 0) is 0 Å². The van der Waals surface area contributed by atoms with Crippen molar-refractivity contribution < 1.29 is 0 Å². The van der Waals surface area contributed by atoms with Gasteiger partial charge < -0.3 is 4.72 Å². The smallest absolute Gasteiger partial charge is 0.0455 e. The highest BCUT2D eigenvalue weighted by atomic mass is 32.2. The minimum absolute atomic E-state index is 0.999. The molecule has 2 aromatic rings. The Bertz CT molecular complexity index is 584. The largest absolute Gasteiger partial charge is 0.326 e. The maximum Gasteiger partial charge on any atom is 0.0455 e. The van der Waals surface area contributed by atoms with Gasteiger partial charge in [0.25, 0.3) is 0 Å². The van der Waals surface area contributed by atoms with Gasteiger partial charge in [-0.15, -0.1) is 0 Å². The topological polar surface area (TPSA) is 12.0 Å². The summed E-state index contributed by atoms with van der Waals surface area (Å²) in [6.07, 6.45) is 0. The standard InChI is InChI=1S/C15H13NS/c1-10-3-5-12(6-4-10)13-7-8-15-14(9-13)11(2)16-17-15/h3-9,16H,2H2,1H3. The first-order chi connectivity index (χ1) is 8.24. The van der Waals surface area contributed by atoms with Crippen LogP contribution in [0.25, 0.3) is 16.8 Å². The van der Waals surface area contributed by atoms with Crippen LogP contribution in [-0.4, -0.2) is 0 Å². The van der Waals surface area contributed by atoms with E-state index in [0.717, 1.165) is 5.70 Å². The number of hydrogen-bond donors (Lipinski definition) is 1. The Morgan fingerprint density at radius 2 is 1.71 bits per heavy atom. The third-order valence-corrected chi connectivity index (χ3v) is 3.90. The highest BCUT2D eigenvalue weighted by molar-refractivity contribution is 7.98. The highest BCUT2D eigenvalue weighted by Gasteiger charge is 2.15. The van der Waals surface area contributed by atoms with Crippen LogP contribution in [0.1, 0.15) is 11.1 Å². The summed E-state index contributed by atoms with van der Waals surface area (Å²) in [5.41, 5.74) is 6.00. The van der Waals surface area contributed by atoms with E-state index in [0.29, 0.717) is 0 Å². The molecule has 0 bridgehead atoms. The van der Waals surface area contributed by atoms with Crippen LogP contribution in [0, 0.1) is 6.92 Å². The van der Waals surface area contributed by atoms with E-state index in [1.54, 1.807) is 11.9 Å². The Balaban J connectivity index is 2.08. The van der Waals surface area contributed by atoms with Crippen molar-refractivity contribution in [2.24, 2.45) is 0 Å². The summed E-state index contributed by atoms with van der Waals surface area (Å²) < 4.78 is 3.19. The maximum atomic E-state index is 4.01. The third kappa shape index (κ3) is 1.85. The average Bonchev–Trinajstić information content (AvgIpc) is 2.72. The van der Waals surface area contributed by atoms with Gasteiger partial charge >= 0.3 is 0 Å². The molecule has 0 aromatic heterocycles. The molecule has 1 nitrogen and oxygen atoms in total. The Morgan fingerprint density at radius 1 is 1.00 bits per heavy atom. The molecule has 1 heterocycles. The van der Waals surface area contributed by atoms with Gasteiger partial charge in [0.1, 0.15) is 0 Å². The summed E-state index contributed by atoms with van der Waals surface area (Å²) in [5, 5.41) is 0. The third-order valence-electron chi connectivity index (χ3n) is 2.97. The van der Waals surface area contributed by atoms with E-state index < -0.39 is 0 Å². The molecule has 2 heteroatoms. The highest BCUT2D eigenvalue weighted by Crippen LogP contribution is 2.36. The molecule has 0 saturated carbocycles. The zero-order chi connectivity index (χ0) is 11.8. The second kappa shape index (κ2) is 3.97. The predicted octanol–water partition coefficient (Wildman–Crippen LogP) is 4.24. The quantitative estimate of drug-likeness (QED) is 0.747. The van der Waals surface area contributed by atoms with Gasteiger partial charge in [0.05, 0.1) is 0 Å². The molecule has 1 aliphatic rings. The first-order valence-corrected chi connectivity index (χ1v) is 6.39. The fraction of sp³-hybridized carbons (Fsp3) is 0.0667. The lowest BCUT2D eigenvalue weighted by atomic mass is 10.0. The molecule has 1 aliphatic heterocycles. The normalized spacial score (nSPS) is 13.4. The number of nitrogens with one attached hydrogen (secondary N) is 1. The van der Waals surface area contributed by atoms with Crippen LogP contribution in [0.2, 0.25) is 0 Å². The molecule has 1 N–H and O–H groups in total. The number of fused-ring (bicyclic) bond motifs is 1. The van der Waals surface area contributed by atoms with Crippen molar-refractivity contribution in [3.8, 4) is 11.1 Å². The first kappa shape index (κ1) is 10.5. The molecule has 0 atom stereocenters. The van der Waals surface area contributed by atoms with Crippen molar-refractivity contribution in [1.82, 2.24) is 4.72 Å². The van der Waals surface area contributed by atoms with E-state index in [1.807, 2.05) is 0 Å². The van der Waals surface area contributed by atoms with E-state index in [1.165, 1.54) is 27.1 Å². The SMILES string of the molecule is C=C1NSc2ccc(-c3ccc(C)cc3)cc21. The Labute approximate surface area is 106 Å². The minimum atomic E-state index is 0.999. The van der Waals surface area contributed by atoms with Crippen molar-refractivity contribution in [2.45, 2.75) is 11.8 Å². The number of hydrogen-bond acceptors (Lipinski definition) is 2. The molecule has 84 valence electrons. The van der Waals surface area contributed by atoms with Gasteiger partial charge in [-0.25, -0.2) is 0 Å². The lowest BCUT2D eigenvalue weighted by molar-refractivity contribution is 1.40. The van der Waals surface area contributed by atoms with E-state index in [9.17, 15) is 0 Å². The molecule has 2 aromatic carbocycles. The second-order valence-corrected chi connectivity index (χ2v) is 5.11. The van der Waals surface area contributed by atoms with Crippen molar-refractivity contribution in [3.63, 3.8) is 0 Å². The molecule has 17 heavy (non-hydrogen) atoms. The van der Waals surface area contributed by atoms with Gasteiger partial charge in [0.15, 0.2) is 0 Å². The van der Waals surface area contributed by atoms with Gasteiger partial charge in [0, 0.05) is 16.2 Å². The predicted molar refractivity (Wildman–Crippen MR) is 74.6 cm³/mol. The lowest BCUT2D eigenvalue weighted by Gasteiger charge is -2.05. The van der Waals surface area contributed by atoms with Crippen molar-refractivity contribution >= 4 is 17.6 Å². The van der Waals surface area contributed by atoms with Gasteiger partial charge in [-0.1, -0.05) is 42.5 Å². The molecular weight excluding hydrogens is 226 g/mol. The molecular formula is C15H13NS.